The van der Waals surface area contributed by atoms with E-state index in [1.807, 2.05) is 156 Å². The van der Waals surface area contributed by atoms with E-state index in [0.717, 1.165) is 28.0 Å². The number of aromatic nitrogens is 1. The van der Waals surface area contributed by atoms with Gasteiger partial charge in [0.05, 0.1) is 28.1 Å². The number of allylic oxidation sites excluding steroid dienone is 1. The molecule has 7 rings (SSSR count). The third kappa shape index (κ3) is 4.07. The van der Waals surface area contributed by atoms with E-state index in [-0.39, 0.29) is 11.2 Å². The van der Waals surface area contributed by atoms with Gasteiger partial charge in [0.1, 0.15) is 5.69 Å². The first-order valence-corrected chi connectivity index (χ1v) is 13.6. The van der Waals surface area contributed by atoms with Gasteiger partial charge in [-0.25, -0.2) is 0 Å². The van der Waals surface area contributed by atoms with Gasteiger partial charge in [-0.2, -0.15) is 0 Å². The van der Waals surface area contributed by atoms with E-state index in [2.05, 4.69) is 0 Å². The van der Waals surface area contributed by atoms with Gasteiger partial charge in [0, 0.05) is 0 Å². The fraction of sp³-hybridized carbons (Fsp3) is 0. The quantitative estimate of drug-likeness (QED) is 0.226. The van der Waals surface area contributed by atoms with Crippen molar-refractivity contribution in [1.82, 2.24) is 4.57 Å². The normalized spacial score (nSPS) is 12.4. The molecule has 41 heavy (non-hydrogen) atoms. The minimum Gasteiger partial charge on any atom is -0.303 e. The molecule has 3 nitrogen and oxygen atoms in total. The number of Topliss-reactive ketones (excluding diaryl/α,β-unsaturated/α-hetero) is 1. The lowest BCUT2D eigenvalue weighted by molar-refractivity contribution is 0.105. The second-order valence-corrected chi connectivity index (χ2v) is 9.99. The molecular weight excluding hydrogens is 502 g/mol. The van der Waals surface area contributed by atoms with E-state index in [0.29, 0.717) is 33.7 Å². The molecule has 0 amide bonds. The van der Waals surface area contributed by atoms with Crippen LogP contribution in [0, 0.1) is 0 Å². The van der Waals surface area contributed by atoms with Crippen molar-refractivity contribution < 1.29 is 4.79 Å². The molecule has 0 atom stereocenters. The Morgan fingerprint density at radius 3 is 1.20 bits per heavy atom. The second kappa shape index (κ2) is 10.2. The lowest BCUT2D eigenvalue weighted by atomic mass is 9.91. The SMILES string of the molecule is O=C1C(c2ccccc2)=C(c2ccccc2)n2c1c(-c1ccccc1)c(=O)c(-c1ccccc1)c2-c1ccccc1. The van der Waals surface area contributed by atoms with Gasteiger partial charge in [-0.05, 0) is 27.8 Å². The molecule has 1 aliphatic heterocycles. The van der Waals surface area contributed by atoms with Crippen molar-refractivity contribution in [3.63, 3.8) is 0 Å². The number of benzene rings is 5. The fourth-order valence-corrected chi connectivity index (χ4v) is 5.81. The van der Waals surface area contributed by atoms with Crippen LogP contribution < -0.4 is 5.43 Å². The van der Waals surface area contributed by atoms with Crippen molar-refractivity contribution in [2.75, 3.05) is 0 Å². The Morgan fingerprint density at radius 2 is 0.732 bits per heavy atom. The first-order valence-electron chi connectivity index (χ1n) is 13.6. The fourth-order valence-electron chi connectivity index (χ4n) is 5.81. The predicted octanol–water partition coefficient (Wildman–Crippen LogP) is 8.46. The van der Waals surface area contributed by atoms with Gasteiger partial charge in [0.2, 0.25) is 5.78 Å². The molecule has 0 saturated carbocycles. The highest BCUT2D eigenvalue weighted by Gasteiger charge is 2.38. The number of carbonyl (C=O) groups excluding carboxylic acids is 1. The highest BCUT2D eigenvalue weighted by Crippen LogP contribution is 2.45. The van der Waals surface area contributed by atoms with Crippen LogP contribution in [-0.4, -0.2) is 10.4 Å². The molecule has 3 heteroatoms. The van der Waals surface area contributed by atoms with Crippen LogP contribution in [-0.2, 0) is 0 Å². The van der Waals surface area contributed by atoms with Crippen LogP contribution in [0.4, 0.5) is 0 Å². The maximum absolute atomic E-state index is 14.8. The van der Waals surface area contributed by atoms with Crippen LogP contribution >= 0.6 is 0 Å². The molecule has 0 radical (unpaired) electrons. The molecule has 1 aromatic heterocycles. The first-order chi connectivity index (χ1) is 20.2. The zero-order chi connectivity index (χ0) is 27.8. The molecule has 2 heterocycles. The van der Waals surface area contributed by atoms with Crippen molar-refractivity contribution >= 4 is 17.1 Å². The minimum absolute atomic E-state index is 0.164. The van der Waals surface area contributed by atoms with E-state index >= 15 is 0 Å². The molecule has 6 aromatic rings. The molecule has 0 bridgehead atoms. The zero-order valence-corrected chi connectivity index (χ0v) is 22.2. The number of pyridine rings is 1. The van der Waals surface area contributed by atoms with Gasteiger partial charge in [-0.1, -0.05) is 152 Å². The number of hydrogen-bond acceptors (Lipinski definition) is 2. The highest BCUT2D eigenvalue weighted by atomic mass is 16.1. The van der Waals surface area contributed by atoms with Crippen molar-refractivity contribution in [2.45, 2.75) is 0 Å². The van der Waals surface area contributed by atoms with Crippen molar-refractivity contribution in [2.24, 2.45) is 0 Å². The van der Waals surface area contributed by atoms with Gasteiger partial charge in [-0.3, -0.25) is 9.59 Å². The Kier molecular flexibility index (Phi) is 6.10. The molecule has 0 N–H and O–H groups in total. The van der Waals surface area contributed by atoms with E-state index in [1.165, 1.54) is 0 Å². The average Bonchev–Trinajstić information content (AvgIpc) is 3.34. The first kappa shape index (κ1) is 24.5. The van der Waals surface area contributed by atoms with E-state index in [9.17, 15) is 9.59 Å². The summed E-state index contributed by atoms with van der Waals surface area (Å²) in [6.07, 6.45) is 0. The molecule has 0 spiro atoms. The van der Waals surface area contributed by atoms with Gasteiger partial charge in [0.25, 0.3) is 0 Å². The minimum atomic E-state index is -0.164. The van der Waals surface area contributed by atoms with Crippen molar-refractivity contribution in [1.29, 1.82) is 0 Å². The van der Waals surface area contributed by atoms with E-state index in [4.69, 9.17) is 0 Å². The zero-order valence-electron chi connectivity index (χ0n) is 22.2. The Balaban J connectivity index is 1.73. The molecular formula is C38H25NO2. The standard InChI is InChI=1S/C38H25NO2/c40-37-31(26-16-6-1-7-17-26)34(29-22-12-4-13-23-29)39-35(30-24-14-5-15-25-30)32(27-18-8-2-9-19-27)38(41)36(39)33(37)28-20-10-3-11-21-28/h1-25H. The van der Waals surface area contributed by atoms with Crippen LogP contribution in [0.1, 0.15) is 21.6 Å². The average molecular weight is 528 g/mol. The number of carbonyl (C=O) groups is 1. The lowest BCUT2D eigenvalue weighted by Crippen LogP contribution is -2.21. The summed E-state index contributed by atoms with van der Waals surface area (Å²) in [6.45, 7) is 0. The van der Waals surface area contributed by atoms with Gasteiger partial charge in [-0.15, -0.1) is 0 Å². The molecule has 194 valence electrons. The van der Waals surface area contributed by atoms with E-state index < -0.39 is 0 Å². The second-order valence-electron chi connectivity index (χ2n) is 9.99. The highest BCUT2D eigenvalue weighted by molar-refractivity contribution is 6.39. The Morgan fingerprint density at radius 1 is 0.366 bits per heavy atom. The number of ketones is 1. The van der Waals surface area contributed by atoms with Gasteiger partial charge in [0.15, 0.2) is 5.43 Å². The summed E-state index contributed by atoms with van der Waals surface area (Å²) in [4.78, 5) is 29.5. The summed E-state index contributed by atoms with van der Waals surface area (Å²) < 4.78 is 2.04. The van der Waals surface area contributed by atoms with Crippen LogP contribution in [0.3, 0.4) is 0 Å². The molecule has 0 unspecified atom stereocenters. The van der Waals surface area contributed by atoms with Crippen LogP contribution in [0.5, 0.6) is 0 Å². The Bertz CT molecular complexity index is 1970. The maximum Gasteiger partial charge on any atom is 0.213 e. The summed E-state index contributed by atoms with van der Waals surface area (Å²) >= 11 is 0. The van der Waals surface area contributed by atoms with Crippen molar-refractivity contribution in [3.05, 3.63) is 179 Å². The third-order valence-electron chi connectivity index (χ3n) is 7.56. The summed E-state index contributed by atoms with van der Waals surface area (Å²) in [5, 5.41) is 0. The third-order valence-corrected chi connectivity index (χ3v) is 7.56. The number of nitrogens with zero attached hydrogens (tertiary/aromatic N) is 1. The topological polar surface area (TPSA) is 39.1 Å². The number of rotatable bonds is 5. The summed E-state index contributed by atoms with van der Waals surface area (Å²) in [5.74, 6) is -0.164. The van der Waals surface area contributed by atoms with Crippen LogP contribution in [0.2, 0.25) is 0 Å². The lowest BCUT2D eigenvalue weighted by Gasteiger charge is -2.22. The molecule has 0 saturated heterocycles. The number of hydrogen-bond donors (Lipinski definition) is 0. The Labute approximate surface area is 238 Å². The molecule has 5 aromatic carbocycles. The Hall–Kier alpha value is -5.54. The summed E-state index contributed by atoms with van der Waals surface area (Å²) in [7, 11) is 0. The van der Waals surface area contributed by atoms with Crippen LogP contribution in [0.25, 0.3) is 44.8 Å². The van der Waals surface area contributed by atoms with Gasteiger partial charge >= 0.3 is 0 Å². The maximum atomic E-state index is 14.8. The number of fused-ring (bicyclic) bond motifs is 1. The predicted molar refractivity (Wildman–Crippen MR) is 166 cm³/mol. The van der Waals surface area contributed by atoms with Gasteiger partial charge < -0.3 is 4.57 Å². The van der Waals surface area contributed by atoms with E-state index in [1.54, 1.807) is 0 Å². The smallest absolute Gasteiger partial charge is 0.213 e. The molecule has 0 fully saturated rings. The monoisotopic (exact) mass is 527 g/mol. The largest absolute Gasteiger partial charge is 0.303 e. The molecule has 0 aliphatic carbocycles. The van der Waals surface area contributed by atoms with Crippen molar-refractivity contribution in [3.8, 4) is 33.5 Å². The summed E-state index contributed by atoms with van der Waals surface area (Å²) in [6, 6.07) is 48.9. The van der Waals surface area contributed by atoms with Crippen LogP contribution in [0.15, 0.2) is 156 Å². The molecule has 1 aliphatic rings. The summed E-state index contributed by atoms with van der Waals surface area (Å²) in [5.41, 5.74) is 7.34.